The molecule has 0 spiro atoms. The molecule has 3 rings (SSSR count). The minimum atomic E-state index is -3.86. The number of hydrogen-bond acceptors (Lipinski definition) is 4. The van der Waals surface area contributed by atoms with Crippen molar-refractivity contribution in [1.29, 1.82) is 0 Å². The third kappa shape index (κ3) is 4.84. The molecule has 2 aromatic rings. The molecule has 1 fully saturated rings. The maximum atomic E-state index is 13.1. The molecular formula is C23H31N2O4P. The van der Waals surface area contributed by atoms with Crippen LogP contribution in [0, 0.1) is 0 Å². The van der Waals surface area contributed by atoms with E-state index in [1.807, 2.05) is 41.3 Å². The van der Waals surface area contributed by atoms with Gasteiger partial charge < -0.3 is 15.7 Å². The van der Waals surface area contributed by atoms with Crippen LogP contribution in [0.2, 0.25) is 0 Å². The summed E-state index contributed by atoms with van der Waals surface area (Å²) in [5, 5.41) is 8.44. The predicted molar refractivity (Wildman–Crippen MR) is 120 cm³/mol. The Hall–Kier alpha value is -1.98. The molecule has 1 saturated heterocycles. The standard InChI is InChI=1S/C23H31N2O4P/c24-14-7-6-13-23(22(26)27)18-25(15-8-16-30(23,28)29)17-20-11-4-5-12-21(20)19-9-2-1-3-10-19/h1-5,9-12H,6-8,13-18,24H2,(H,26,27)(H,28,29). The first-order valence-electron chi connectivity index (χ1n) is 10.5. The van der Waals surface area contributed by atoms with Crippen molar-refractivity contribution in [3.63, 3.8) is 0 Å². The normalized spacial score (nSPS) is 25.0. The zero-order valence-corrected chi connectivity index (χ0v) is 18.1. The highest BCUT2D eigenvalue weighted by atomic mass is 31.2. The summed E-state index contributed by atoms with van der Waals surface area (Å²) in [6.45, 7) is 1.65. The Bertz CT molecular complexity index is 905. The first-order valence-corrected chi connectivity index (χ1v) is 12.4. The summed E-state index contributed by atoms with van der Waals surface area (Å²) in [5.41, 5.74) is 8.85. The number of aliphatic carboxylic acids is 1. The fourth-order valence-corrected chi connectivity index (χ4v) is 6.58. The molecule has 0 aromatic heterocycles. The highest BCUT2D eigenvalue weighted by Gasteiger charge is 2.55. The number of benzene rings is 2. The van der Waals surface area contributed by atoms with Crippen LogP contribution in [0.15, 0.2) is 54.6 Å². The van der Waals surface area contributed by atoms with E-state index in [2.05, 4.69) is 18.2 Å². The van der Waals surface area contributed by atoms with Gasteiger partial charge in [-0.15, -0.1) is 0 Å². The number of hydrogen-bond donors (Lipinski definition) is 3. The molecule has 1 aliphatic heterocycles. The van der Waals surface area contributed by atoms with Crippen molar-refractivity contribution < 1.29 is 19.4 Å². The van der Waals surface area contributed by atoms with Crippen LogP contribution in [0.1, 0.15) is 31.2 Å². The van der Waals surface area contributed by atoms with E-state index in [1.165, 1.54) is 0 Å². The van der Waals surface area contributed by atoms with Gasteiger partial charge in [0.15, 0.2) is 5.16 Å². The van der Waals surface area contributed by atoms with Gasteiger partial charge in [0.1, 0.15) is 0 Å². The highest BCUT2D eigenvalue weighted by molar-refractivity contribution is 7.60. The molecule has 0 bridgehead atoms. The predicted octanol–water partition coefficient (Wildman–Crippen LogP) is 3.78. The van der Waals surface area contributed by atoms with Crippen LogP contribution in [-0.4, -0.2) is 51.8 Å². The lowest BCUT2D eigenvalue weighted by molar-refractivity contribution is -0.141. The minimum Gasteiger partial charge on any atom is -0.480 e. The van der Waals surface area contributed by atoms with Gasteiger partial charge in [0.05, 0.1) is 0 Å². The molecule has 7 heteroatoms. The van der Waals surface area contributed by atoms with E-state index in [0.29, 0.717) is 38.9 Å². The van der Waals surface area contributed by atoms with Crippen molar-refractivity contribution in [3.05, 3.63) is 60.2 Å². The third-order valence-corrected chi connectivity index (χ3v) is 8.84. The van der Waals surface area contributed by atoms with Crippen molar-refractivity contribution >= 4 is 13.3 Å². The van der Waals surface area contributed by atoms with Crippen LogP contribution in [0.5, 0.6) is 0 Å². The lowest BCUT2D eigenvalue weighted by Crippen LogP contribution is -2.47. The van der Waals surface area contributed by atoms with Gasteiger partial charge in [0.2, 0.25) is 7.37 Å². The average Bonchev–Trinajstić information content (AvgIpc) is 2.85. The molecule has 2 aromatic carbocycles. The third-order valence-electron chi connectivity index (χ3n) is 6.03. The summed E-state index contributed by atoms with van der Waals surface area (Å²) in [4.78, 5) is 25.1. The number of carboxylic acid groups (broad SMARTS) is 1. The number of carbonyl (C=O) groups is 1. The van der Waals surface area contributed by atoms with Gasteiger partial charge in [0, 0.05) is 19.3 Å². The molecule has 2 unspecified atom stereocenters. The molecule has 162 valence electrons. The van der Waals surface area contributed by atoms with Gasteiger partial charge in [-0.3, -0.25) is 14.3 Å². The van der Waals surface area contributed by atoms with Crippen molar-refractivity contribution in [2.75, 3.05) is 25.8 Å². The van der Waals surface area contributed by atoms with Gasteiger partial charge in [-0.1, -0.05) is 61.0 Å². The molecule has 0 saturated carbocycles. The molecule has 0 amide bonds. The van der Waals surface area contributed by atoms with Crippen LogP contribution in [0.25, 0.3) is 11.1 Å². The van der Waals surface area contributed by atoms with Gasteiger partial charge in [-0.25, -0.2) is 0 Å². The smallest absolute Gasteiger partial charge is 0.320 e. The van der Waals surface area contributed by atoms with Gasteiger partial charge >= 0.3 is 5.97 Å². The summed E-state index contributed by atoms with van der Waals surface area (Å²) in [5.74, 6) is -1.17. The summed E-state index contributed by atoms with van der Waals surface area (Å²) < 4.78 is 13.1. The second-order valence-electron chi connectivity index (χ2n) is 8.10. The van der Waals surface area contributed by atoms with Crippen molar-refractivity contribution in [2.45, 2.75) is 37.4 Å². The molecule has 2 atom stereocenters. The first-order chi connectivity index (χ1) is 14.4. The Morgan fingerprint density at radius 1 is 1.10 bits per heavy atom. The lowest BCUT2D eigenvalue weighted by atomic mass is 9.97. The van der Waals surface area contributed by atoms with Crippen molar-refractivity contribution in [2.24, 2.45) is 5.73 Å². The van der Waals surface area contributed by atoms with Crippen LogP contribution >= 0.6 is 7.37 Å². The Balaban J connectivity index is 1.90. The molecule has 1 aliphatic rings. The van der Waals surface area contributed by atoms with E-state index in [9.17, 15) is 19.4 Å². The zero-order chi connectivity index (χ0) is 21.6. The molecule has 0 radical (unpaired) electrons. The lowest BCUT2D eigenvalue weighted by Gasteiger charge is -2.35. The van der Waals surface area contributed by atoms with Gasteiger partial charge in [-0.2, -0.15) is 0 Å². The van der Waals surface area contributed by atoms with Crippen molar-refractivity contribution in [1.82, 2.24) is 4.90 Å². The van der Waals surface area contributed by atoms with Crippen molar-refractivity contribution in [3.8, 4) is 11.1 Å². The Labute approximate surface area is 178 Å². The molecule has 0 aliphatic carbocycles. The molecule has 30 heavy (non-hydrogen) atoms. The number of unbranched alkanes of at least 4 members (excludes halogenated alkanes) is 1. The molecular weight excluding hydrogens is 399 g/mol. The van der Waals surface area contributed by atoms with Gasteiger partial charge in [-0.05, 0) is 49.0 Å². The van der Waals surface area contributed by atoms with E-state index < -0.39 is 18.5 Å². The summed E-state index contributed by atoms with van der Waals surface area (Å²) in [6, 6.07) is 18.1. The van der Waals surface area contributed by atoms with Crippen LogP contribution in [0.3, 0.4) is 0 Å². The summed E-state index contributed by atoms with van der Waals surface area (Å²) in [6.07, 6.45) is 1.89. The number of carboxylic acids is 1. The largest absolute Gasteiger partial charge is 0.480 e. The Kier molecular flexibility index (Phi) is 7.48. The van der Waals surface area contributed by atoms with E-state index in [1.54, 1.807) is 0 Å². The quantitative estimate of drug-likeness (QED) is 0.435. The fraction of sp³-hybridized carbons (Fsp3) is 0.435. The molecule has 4 N–H and O–H groups in total. The van der Waals surface area contributed by atoms with E-state index >= 15 is 0 Å². The van der Waals surface area contributed by atoms with E-state index in [4.69, 9.17) is 5.73 Å². The first kappa shape index (κ1) is 22.7. The topological polar surface area (TPSA) is 104 Å². The maximum absolute atomic E-state index is 13.1. The SMILES string of the molecule is NCCCCC1(C(=O)O)CN(Cc2ccccc2-c2ccccc2)CCCP1(=O)O. The van der Waals surface area contributed by atoms with E-state index in [-0.39, 0.29) is 19.1 Å². The summed E-state index contributed by atoms with van der Waals surface area (Å²) in [7, 11) is -3.86. The number of nitrogens with two attached hydrogens (primary N) is 1. The Morgan fingerprint density at radius 3 is 2.50 bits per heavy atom. The summed E-state index contributed by atoms with van der Waals surface area (Å²) >= 11 is 0. The zero-order valence-electron chi connectivity index (χ0n) is 17.2. The van der Waals surface area contributed by atoms with Crippen LogP contribution < -0.4 is 5.73 Å². The number of nitrogens with zero attached hydrogens (tertiary/aromatic N) is 1. The molecule has 1 heterocycles. The number of rotatable bonds is 8. The van der Waals surface area contributed by atoms with Crippen LogP contribution in [-0.2, 0) is 15.9 Å². The minimum absolute atomic E-state index is 0.0404. The highest BCUT2D eigenvalue weighted by Crippen LogP contribution is 2.59. The monoisotopic (exact) mass is 430 g/mol. The second-order valence-corrected chi connectivity index (χ2v) is 10.8. The molecule has 6 nitrogen and oxygen atoms in total. The fourth-order valence-electron chi connectivity index (χ4n) is 4.36. The average molecular weight is 430 g/mol. The second kappa shape index (κ2) is 9.88. The Morgan fingerprint density at radius 2 is 1.80 bits per heavy atom. The maximum Gasteiger partial charge on any atom is 0.320 e. The van der Waals surface area contributed by atoms with E-state index in [0.717, 1.165) is 16.7 Å². The van der Waals surface area contributed by atoms with Gasteiger partial charge in [0.25, 0.3) is 0 Å². The van der Waals surface area contributed by atoms with Crippen LogP contribution in [0.4, 0.5) is 0 Å².